The van der Waals surface area contributed by atoms with Gasteiger partial charge >= 0.3 is 5.97 Å². The first kappa shape index (κ1) is 14.8. The standard InChI is InChI=1S/C13H16N2O4/c1-2-19-9-8-12(16)15-11-5-3-4-10(14-11)6-7-13(17)18/h3-7H,2,8-9H2,1H3,(H,17,18)(H,14,15,16). The summed E-state index contributed by atoms with van der Waals surface area (Å²) in [6.45, 7) is 2.79. The molecule has 102 valence electrons. The van der Waals surface area contributed by atoms with Crippen LogP contribution in [-0.2, 0) is 14.3 Å². The van der Waals surface area contributed by atoms with E-state index in [1.165, 1.54) is 6.08 Å². The second kappa shape index (κ2) is 7.99. The SMILES string of the molecule is CCOCCC(=O)Nc1cccc(C=CC(=O)O)n1. The van der Waals surface area contributed by atoms with Crippen LogP contribution in [0.4, 0.5) is 5.82 Å². The van der Waals surface area contributed by atoms with E-state index in [0.717, 1.165) is 6.08 Å². The van der Waals surface area contributed by atoms with Gasteiger partial charge in [-0.15, -0.1) is 0 Å². The fourth-order valence-electron chi connectivity index (χ4n) is 1.29. The molecule has 0 aromatic carbocycles. The minimum atomic E-state index is -1.05. The summed E-state index contributed by atoms with van der Waals surface area (Å²) >= 11 is 0. The van der Waals surface area contributed by atoms with Crippen molar-refractivity contribution in [3.63, 3.8) is 0 Å². The number of aromatic nitrogens is 1. The highest BCUT2D eigenvalue weighted by atomic mass is 16.5. The number of nitrogens with zero attached hydrogens (tertiary/aromatic N) is 1. The molecule has 0 radical (unpaired) electrons. The first-order chi connectivity index (χ1) is 9.11. The summed E-state index contributed by atoms with van der Waals surface area (Å²) in [5, 5.41) is 11.1. The zero-order valence-electron chi connectivity index (χ0n) is 10.6. The van der Waals surface area contributed by atoms with Crippen LogP contribution in [0.3, 0.4) is 0 Å². The van der Waals surface area contributed by atoms with Crippen molar-refractivity contribution in [2.75, 3.05) is 18.5 Å². The van der Waals surface area contributed by atoms with Crippen LogP contribution in [-0.4, -0.2) is 35.2 Å². The summed E-state index contributed by atoms with van der Waals surface area (Å²) in [6.07, 6.45) is 2.60. The third-order valence-corrected chi connectivity index (χ3v) is 2.11. The summed E-state index contributed by atoms with van der Waals surface area (Å²) in [7, 11) is 0. The molecule has 6 nitrogen and oxygen atoms in total. The lowest BCUT2D eigenvalue weighted by Crippen LogP contribution is -2.15. The number of nitrogens with one attached hydrogen (secondary N) is 1. The monoisotopic (exact) mass is 264 g/mol. The Hall–Kier alpha value is -2.21. The number of rotatable bonds is 7. The Kier molecular flexibility index (Phi) is 6.25. The van der Waals surface area contributed by atoms with Gasteiger partial charge in [-0.2, -0.15) is 0 Å². The highest BCUT2D eigenvalue weighted by Gasteiger charge is 2.03. The third-order valence-electron chi connectivity index (χ3n) is 2.11. The molecule has 1 heterocycles. The number of carbonyl (C=O) groups is 2. The Morgan fingerprint density at radius 3 is 2.95 bits per heavy atom. The minimum Gasteiger partial charge on any atom is -0.478 e. The molecule has 0 spiro atoms. The molecule has 0 saturated heterocycles. The molecule has 1 rings (SSSR count). The van der Waals surface area contributed by atoms with Gasteiger partial charge in [0.25, 0.3) is 0 Å². The maximum absolute atomic E-state index is 11.5. The van der Waals surface area contributed by atoms with Crippen molar-refractivity contribution in [3.8, 4) is 0 Å². The van der Waals surface area contributed by atoms with Crippen LogP contribution in [0.1, 0.15) is 19.0 Å². The predicted octanol–water partition coefficient (Wildman–Crippen LogP) is 1.54. The van der Waals surface area contributed by atoms with Crippen LogP contribution in [0, 0.1) is 0 Å². The number of aliphatic carboxylic acids is 1. The molecule has 0 aliphatic carbocycles. The molecule has 1 amide bonds. The van der Waals surface area contributed by atoms with E-state index in [-0.39, 0.29) is 12.3 Å². The largest absolute Gasteiger partial charge is 0.478 e. The number of carboxylic acids is 1. The molecule has 0 saturated carbocycles. The number of amides is 1. The van der Waals surface area contributed by atoms with Crippen LogP contribution in [0.15, 0.2) is 24.3 Å². The van der Waals surface area contributed by atoms with E-state index in [9.17, 15) is 9.59 Å². The van der Waals surface area contributed by atoms with Crippen molar-refractivity contribution >= 4 is 23.8 Å². The van der Waals surface area contributed by atoms with Crippen LogP contribution >= 0.6 is 0 Å². The molecule has 1 aromatic rings. The fraction of sp³-hybridized carbons (Fsp3) is 0.308. The highest BCUT2D eigenvalue weighted by Crippen LogP contribution is 2.06. The Labute approximate surface area is 111 Å². The Morgan fingerprint density at radius 1 is 1.47 bits per heavy atom. The van der Waals surface area contributed by atoms with Gasteiger partial charge in [-0.25, -0.2) is 9.78 Å². The average Bonchev–Trinajstić information content (AvgIpc) is 2.37. The van der Waals surface area contributed by atoms with Gasteiger partial charge in [0.1, 0.15) is 5.82 Å². The Morgan fingerprint density at radius 2 is 2.26 bits per heavy atom. The van der Waals surface area contributed by atoms with Crippen LogP contribution < -0.4 is 5.32 Å². The number of carboxylic acid groups (broad SMARTS) is 1. The van der Waals surface area contributed by atoms with Crippen molar-refractivity contribution in [2.45, 2.75) is 13.3 Å². The van der Waals surface area contributed by atoms with E-state index in [0.29, 0.717) is 24.7 Å². The van der Waals surface area contributed by atoms with E-state index < -0.39 is 5.97 Å². The zero-order valence-corrected chi connectivity index (χ0v) is 10.6. The molecule has 0 fully saturated rings. The number of pyridine rings is 1. The van der Waals surface area contributed by atoms with E-state index in [2.05, 4.69) is 10.3 Å². The third kappa shape index (κ3) is 6.32. The van der Waals surface area contributed by atoms with Crippen molar-refractivity contribution in [2.24, 2.45) is 0 Å². The zero-order chi connectivity index (χ0) is 14.1. The van der Waals surface area contributed by atoms with Gasteiger partial charge in [0.15, 0.2) is 0 Å². The maximum atomic E-state index is 11.5. The van der Waals surface area contributed by atoms with Crippen molar-refractivity contribution in [3.05, 3.63) is 30.0 Å². The van der Waals surface area contributed by atoms with E-state index in [1.807, 2.05) is 6.92 Å². The topological polar surface area (TPSA) is 88.5 Å². The van der Waals surface area contributed by atoms with Gasteiger partial charge < -0.3 is 15.2 Å². The van der Waals surface area contributed by atoms with E-state index >= 15 is 0 Å². The molecule has 19 heavy (non-hydrogen) atoms. The minimum absolute atomic E-state index is 0.194. The van der Waals surface area contributed by atoms with Crippen LogP contribution in [0.25, 0.3) is 6.08 Å². The highest BCUT2D eigenvalue weighted by molar-refractivity contribution is 5.90. The first-order valence-electron chi connectivity index (χ1n) is 5.87. The lowest BCUT2D eigenvalue weighted by atomic mass is 10.3. The number of carbonyl (C=O) groups excluding carboxylic acids is 1. The molecule has 0 aliphatic heterocycles. The second-order valence-electron chi connectivity index (χ2n) is 3.61. The smallest absolute Gasteiger partial charge is 0.328 e. The molecular formula is C13H16N2O4. The van der Waals surface area contributed by atoms with E-state index in [1.54, 1.807) is 18.2 Å². The summed E-state index contributed by atoms with van der Waals surface area (Å²) in [5.41, 5.74) is 0.463. The van der Waals surface area contributed by atoms with Gasteiger partial charge in [0.05, 0.1) is 18.7 Å². The summed E-state index contributed by atoms with van der Waals surface area (Å²) in [4.78, 5) is 26.0. The first-order valence-corrected chi connectivity index (χ1v) is 5.87. The molecule has 0 unspecified atom stereocenters. The number of hydrogen-bond donors (Lipinski definition) is 2. The number of ether oxygens (including phenoxy) is 1. The Balaban J connectivity index is 2.56. The molecular weight excluding hydrogens is 248 g/mol. The summed E-state index contributed by atoms with van der Waals surface area (Å²) in [6, 6.07) is 4.97. The second-order valence-corrected chi connectivity index (χ2v) is 3.61. The fourth-order valence-corrected chi connectivity index (χ4v) is 1.29. The van der Waals surface area contributed by atoms with Crippen molar-refractivity contribution < 1.29 is 19.4 Å². The molecule has 1 aromatic heterocycles. The quantitative estimate of drug-likeness (QED) is 0.576. The normalized spacial score (nSPS) is 10.6. The molecule has 0 bridgehead atoms. The van der Waals surface area contributed by atoms with Crippen LogP contribution in [0.2, 0.25) is 0 Å². The van der Waals surface area contributed by atoms with Gasteiger partial charge in [0.2, 0.25) is 5.91 Å². The lowest BCUT2D eigenvalue weighted by Gasteiger charge is -2.05. The number of anilines is 1. The maximum Gasteiger partial charge on any atom is 0.328 e. The van der Waals surface area contributed by atoms with Gasteiger partial charge in [-0.05, 0) is 25.1 Å². The number of hydrogen-bond acceptors (Lipinski definition) is 4. The molecule has 2 N–H and O–H groups in total. The van der Waals surface area contributed by atoms with Gasteiger partial charge in [0, 0.05) is 12.7 Å². The van der Waals surface area contributed by atoms with E-state index in [4.69, 9.17) is 9.84 Å². The lowest BCUT2D eigenvalue weighted by molar-refractivity contribution is -0.131. The average molecular weight is 264 g/mol. The van der Waals surface area contributed by atoms with Gasteiger partial charge in [-0.3, -0.25) is 4.79 Å². The predicted molar refractivity (Wildman–Crippen MR) is 70.6 cm³/mol. The summed E-state index contributed by atoms with van der Waals surface area (Å²) < 4.78 is 5.07. The molecule has 6 heteroatoms. The van der Waals surface area contributed by atoms with Gasteiger partial charge in [-0.1, -0.05) is 6.07 Å². The van der Waals surface area contributed by atoms with Crippen molar-refractivity contribution in [1.29, 1.82) is 0 Å². The molecule has 0 aliphatic rings. The van der Waals surface area contributed by atoms with Crippen molar-refractivity contribution in [1.82, 2.24) is 4.98 Å². The molecule has 0 atom stereocenters. The summed E-state index contributed by atoms with van der Waals surface area (Å²) in [5.74, 6) is -0.859. The van der Waals surface area contributed by atoms with Crippen LogP contribution in [0.5, 0.6) is 0 Å². The Bertz CT molecular complexity index is 471.